The molecule has 0 amide bonds. The number of hydrogen-bond acceptors (Lipinski definition) is 4. The highest BCUT2D eigenvalue weighted by molar-refractivity contribution is 6.30. The quantitative estimate of drug-likeness (QED) is 0.684. The Hall–Kier alpha value is -2.69. The van der Waals surface area contributed by atoms with Crippen molar-refractivity contribution in [3.63, 3.8) is 0 Å². The average Bonchev–Trinajstić information content (AvgIpc) is 3.02. The third-order valence-corrected chi connectivity index (χ3v) is 5.51. The Labute approximate surface area is 169 Å². The molecule has 0 radical (unpaired) electrons. The van der Waals surface area contributed by atoms with Crippen molar-refractivity contribution in [1.82, 2.24) is 0 Å². The zero-order valence-electron chi connectivity index (χ0n) is 15.9. The largest absolute Gasteiger partial charge is 0.493 e. The number of halogens is 1. The third kappa shape index (κ3) is 3.19. The fraction of sp³-hybridized carbons (Fsp3) is 0.217. The van der Waals surface area contributed by atoms with Crippen LogP contribution in [0.3, 0.4) is 0 Å². The highest BCUT2D eigenvalue weighted by Crippen LogP contribution is 2.45. The summed E-state index contributed by atoms with van der Waals surface area (Å²) < 4.78 is 10.8. The van der Waals surface area contributed by atoms with Crippen molar-refractivity contribution >= 4 is 17.3 Å². The molecule has 3 aromatic carbocycles. The molecule has 5 heteroatoms. The number of β-amino-alcohol motifs (C(OH)–C–C–N with tert-alkyl or cyclic N) is 1. The van der Waals surface area contributed by atoms with Crippen molar-refractivity contribution in [2.45, 2.75) is 12.1 Å². The van der Waals surface area contributed by atoms with Crippen LogP contribution < -0.4 is 14.4 Å². The van der Waals surface area contributed by atoms with Crippen LogP contribution in [-0.2, 0) is 12.1 Å². The Morgan fingerprint density at radius 1 is 0.964 bits per heavy atom. The number of hydrogen-bond donors (Lipinski definition) is 1. The molecule has 28 heavy (non-hydrogen) atoms. The number of methoxy groups -OCH3 is 2. The summed E-state index contributed by atoms with van der Waals surface area (Å²) in [5, 5.41) is 12.4. The van der Waals surface area contributed by atoms with Crippen LogP contribution in [0.5, 0.6) is 11.5 Å². The van der Waals surface area contributed by atoms with E-state index in [0.717, 1.165) is 22.4 Å². The molecule has 0 aliphatic carbocycles. The fourth-order valence-corrected chi connectivity index (χ4v) is 3.96. The van der Waals surface area contributed by atoms with Crippen LogP contribution in [0.25, 0.3) is 0 Å². The summed E-state index contributed by atoms with van der Waals surface area (Å²) in [4.78, 5) is 2.19. The molecule has 144 valence electrons. The number of ether oxygens (including phenoxy) is 2. The van der Waals surface area contributed by atoms with E-state index in [0.29, 0.717) is 29.6 Å². The van der Waals surface area contributed by atoms with E-state index in [1.165, 1.54) is 0 Å². The van der Waals surface area contributed by atoms with Crippen molar-refractivity contribution in [2.75, 3.05) is 25.7 Å². The van der Waals surface area contributed by atoms with Gasteiger partial charge in [-0.15, -0.1) is 0 Å². The second-order valence-corrected chi connectivity index (χ2v) is 7.37. The molecule has 1 heterocycles. The molecule has 1 aliphatic heterocycles. The van der Waals surface area contributed by atoms with E-state index in [1.54, 1.807) is 14.2 Å². The Morgan fingerprint density at radius 2 is 1.68 bits per heavy atom. The zero-order valence-corrected chi connectivity index (χ0v) is 16.6. The Kier molecular flexibility index (Phi) is 4.92. The lowest BCUT2D eigenvalue weighted by Gasteiger charge is -2.26. The SMILES string of the molecule is COc1ccc(C2(O)CN(Cc3ccc(Cl)cc3)c3ccccc32)cc1OC. The molecular formula is C23H22ClNO3. The van der Waals surface area contributed by atoms with Crippen molar-refractivity contribution in [1.29, 1.82) is 0 Å². The van der Waals surface area contributed by atoms with E-state index in [9.17, 15) is 5.11 Å². The summed E-state index contributed by atoms with van der Waals surface area (Å²) in [5.74, 6) is 1.24. The number of rotatable bonds is 5. The minimum absolute atomic E-state index is 0.449. The van der Waals surface area contributed by atoms with Gasteiger partial charge in [0, 0.05) is 22.8 Å². The van der Waals surface area contributed by atoms with Crippen molar-refractivity contribution in [3.05, 3.63) is 88.4 Å². The Morgan fingerprint density at radius 3 is 2.39 bits per heavy atom. The van der Waals surface area contributed by atoms with Crippen LogP contribution in [0.4, 0.5) is 5.69 Å². The molecule has 1 N–H and O–H groups in total. The summed E-state index contributed by atoms with van der Waals surface area (Å²) in [6.07, 6.45) is 0. The van der Waals surface area contributed by atoms with Crippen LogP contribution in [0, 0.1) is 0 Å². The normalized spacial score (nSPS) is 18.1. The van der Waals surface area contributed by atoms with Gasteiger partial charge in [0.25, 0.3) is 0 Å². The van der Waals surface area contributed by atoms with Crippen LogP contribution in [0.2, 0.25) is 5.02 Å². The lowest BCUT2D eigenvalue weighted by molar-refractivity contribution is 0.0974. The van der Waals surface area contributed by atoms with Gasteiger partial charge in [-0.3, -0.25) is 0 Å². The predicted octanol–water partition coefficient (Wildman–Crippen LogP) is 4.61. The summed E-state index contributed by atoms with van der Waals surface area (Å²) >= 11 is 6.01. The molecule has 0 saturated carbocycles. The summed E-state index contributed by atoms with van der Waals surface area (Å²) in [5.41, 5.74) is 2.68. The molecule has 1 atom stereocenters. The van der Waals surface area contributed by atoms with E-state index in [4.69, 9.17) is 21.1 Å². The predicted molar refractivity (Wildman–Crippen MR) is 111 cm³/mol. The minimum Gasteiger partial charge on any atom is -0.493 e. The first-order valence-electron chi connectivity index (χ1n) is 9.09. The summed E-state index contributed by atoms with van der Waals surface area (Å²) in [6.45, 7) is 1.13. The van der Waals surface area contributed by atoms with Crippen LogP contribution in [0.1, 0.15) is 16.7 Å². The van der Waals surface area contributed by atoms with Gasteiger partial charge in [-0.2, -0.15) is 0 Å². The Balaban J connectivity index is 1.73. The fourth-order valence-electron chi connectivity index (χ4n) is 3.84. The average molecular weight is 396 g/mol. The van der Waals surface area contributed by atoms with Gasteiger partial charge in [-0.05, 0) is 41.5 Å². The maximum absolute atomic E-state index is 11.7. The van der Waals surface area contributed by atoms with Gasteiger partial charge >= 0.3 is 0 Å². The van der Waals surface area contributed by atoms with Gasteiger partial charge in [0.1, 0.15) is 5.60 Å². The standard InChI is InChI=1S/C23H22ClNO3/c1-27-21-12-9-17(13-22(21)28-2)23(26)15-25(20-6-4-3-5-19(20)23)14-16-7-10-18(24)11-8-16/h3-13,26H,14-15H2,1-2H3. The van der Waals surface area contributed by atoms with Gasteiger partial charge in [-0.25, -0.2) is 0 Å². The first-order chi connectivity index (χ1) is 13.5. The van der Waals surface area contributed by atoms with Gasteiger partial charge in [0.05, 0.1) is 20.8 Å². The zero-order chi connectivity index (χ0) is 19.7. The van der Waals surface area contributed by atoms with E-state index >= 15 is 0 Å². The maximum Gasteiger partial charge on any atom is 0.161 e. The van der Waals surface area contributed by atoms with Crippen molar-refractivity contribution < 1.29 is 14.6 Å². The molecule has 4 nitrogen and oxygen atoms in total. The lowest BCUT2D eigenvalue weighted by atomic mass is 9.88. The van der Waals surface area contributed by atoms with Crippen LogP contribution in [0.15, 0.2) is 66.7 Å². The van der Waals surface area contributed by atoms with Crippen molar-refractivity contribution in [2.24, 2.45) is 0 Å². The highest BCUT2D eigenvalue weighted by atomic mass is 35.5. The molecule has 3 aromatic rings. The molecule has 1 unspecified atom stereocenters. The summed E-state index contributed by atoms with van der Waals surface area (Å²) in [7, 11) is 3.20. The van der Waals surface area contributed by atoms with Crippen molar-refractivity contribution in [3.8, 4) is 11.5 Å². The number of nitrogens with zero attached hydrogens (tertiary/aromatic N) is 1. The van der Waals surface area contributed by atoms with Gasteiger partial charge < -0.3 is 19.5 Å². The number of aliphatic hydroxyl groups is 1. The molecular weight excluding hydrogens is 374 g/mol. The van der Waals surface area contributed by atoms with Crippen LogP contribution in [-0.4, -0.2) is 25.9 Å². The first kappa shape index (κ1) is 18.7. The first-order valence-corrected chi connectivity index (χ1v) is 9.47. The number of anilines is 1. The van der Waals surface area contributed by atoms with E-state index < -0.39 is 5.60 Å². The molecule has 1 aliphatic rings. The molecule has 0 aromatic heterocycles. The smallest absolute Gasteiger partial charge is 0.161 e. The van der Waals surface area contributed by atoms with Gasteiger partial charge in [-0.1, -0.05) is 48.0 Å². The number of para-hydroxylation sites is 1. The lowest BCUT2D eigenvalue weighted by Crippen LogP contribution is -2.34. The number of fused-ring (bicyclic) bond motifs is 1. The second kappa shape index (κ2) is 7.38. The Bertz CT molecular complexity index is 989. The van der Waals surface area contributed by atoms with E-state index in [1.807, 2.05) is 66.7 Å². The highest BCUT2D eigenvalue weighted by Gasteiger charge is 2.42. The van der Waals surface area contributed by atoms with E-state index in [-0.39, 0.29) is 0 Å². The molecule has 0 saturated heterocycles. The summed E-state index contributed by atoms with van der Waals surface area (Å²) in [6, 6.07) is 21.3. The monoisotopic (exact) mass is 395 g/mol. The third-order valence-electron chi connectivity index (χ3n) is 5.26. The van der Waals surface area contributed by atoms with Crippen LogP contribution >= 0.6 is 11.6 Å². The van der Waals surface area contributed by atoms with E-state index in [2.05, 4.69) is 4.90 Å². The molecule has 4 rings (SSSR count). The molecule has 0 bridgehead atoms. The second-order valence-electron chi connectivity index (χ2n) is 6.93. The van der Waals surface area contributed by atoms with Gasteiger partial charge in [0.2, 0.25) is 0 Å². The molecule has 0 spiro atoms. The maximum atomic E-state index is 11.7. The minimum atomic E-state index is -1.14. The van der Waals surface area contributed by atoms with Gasteiger partial charge in [0.15, 0.2) is 11.5 Å². The number of benzene rings is 3. The topological polar surface area (TPSA) is 41.9 Å². The molecule has 0 fully saturated rings.